The molecule has 1 fully saturated rings. The fourth-order valence-corrected chi connectivity index (χ4v) is 1.51. The fraction of sp³-hybridized carbons (Fsp3) is 0.692. The van der Waals surface area contributed by atoms with Crippen LogP contribution in [0.3, 0.4) is 0 Å². The molecule has 5 heteroatoms. The van der Waals surface area contributed by atoms with Crippen LogP contribution >= 0.6 is 0 Å². The number of hydrogen-bond acceptors (Lipinski definition) is 5. The lowest BCUT2D eigenvalue weighted by atomic mass is 10.5. The van der Waals surface area contributed by atoms with E-state index < -0.39 is 0 Å². The summed E-state index contributed by atoms with van der Waals surface area (Å²) in [6, 6.07) is 1.82. The molecule has 0 bridgehead atoms. The van der Waals surface area contributed by atoms with Crippen molar-refractivity contribution in [2.24, 2.45) is 5.92 Å². The van der Waals surface area contributed by atoms with Crippen LogP contribution in [-0.4, -0.2) is 36.3 Å². The third-order valence-electron chi connectivity index (χ3n) is 2.70. The van der Waals surface area contributed by atoms with E-state index in [2.05, 4.69) is 22.2 Å². The van der Waals surface area contributed by atoms with E-state index in [4.69, 9.17) is 9.47 Å². The van der Waals surface area contributed by atoms with Gasteiger partial charge in [0.05, 0.1) is 13.2 Å². The minimum Gasteiger partial charge on any atom is -0.478 e. The smallest absolute Gasteiger partial charge is 0.218 e. The Labute approximate surface area is 108 Å². The van der Waals surface area contributed by atoms with Gasteiger partial charge in [-0.2, -0.15) is 0 Å². The van der Waals surface area contributed by atoms with Crippen LogP contribution in [0, 0.1) is 5.92 Å². The maximum atomic E-state index is 5.54. The van der Waals surface area contributed by atoms with Crippen molar-refractivity contribution in [3.8, 4) is 5.88 Å². The average molecular weight is 251 g/mol. The van der Waals surface area contributed by atoms with E-state index in [0.29, 0.717) is 19.1 Å². The van der Waals surface area contributed by atoms with Crippen LogP contribution in [0.5, 0.6) is 5.88 Å². The first-order valence-electron chi connectivity index (χ1n) is 6.65. The molecule has 0 aliphatic heterocycles. The van der Waals surface area contributed by atoms with Gasteiger partial charge in [0.1, 0.15) is 12.1 Å². The van der Waals surface area contributed by atoms with Gasteiger partial charge in [-0.1, -0.05) is 6.92 Å². The molecule has 1 heterocycles. The first-order valence-corrected chi connectivity index (χ1v) is 6.65. The van der Waals surface area contributed by atoms with E-state index in [-0.39, 0.29) is 0 Å². The molecule has 0 radical (unpaired) electrons. The van der Waals surface area contributed by atoms with Gasteiger partial charge in [-0.3, -0.25) is 0 Å². The van der Waals surface area contributed by atoms with Crippen molar-refractivity contribution in [3.63, 3.8) is 0 Å². The molecule has 1 aliphatic carbocycles. The van der Waals surface area contributed by atoms with E-state index in [0.717, 1.165) is 31.3 Å². The maximum Gasteiger partial charge on any atom is 0.218 e. The topological polar surface area (TPSA) is 56.3 Å². The summed E-state index contributed by atoms with van der Waals surface area (Å²) in [4.78, 5) is 8.18. The van der Waals surface area contributed by atoms with Gasteiger partial charge in [-0.05, 0) is 25.2 Å². The van der Waals surface area contributed by atoms with Crippen molar-refractivity contribution in [1.29, 1.82) is 0 Å². The van der Waals surface area contributed by atoms with Gasteiger partial charge in [0.2, 0.25) is 5.88 Å². The van der Waals surface area contributed by atoms with Gasteiger partial charge in [0, 0.05) is 19.2 Å². The highest BCUT2D eigenvalue weighted by molar-refractivity contribution is 5.36. The number of anilines is 1. The molecule has 18 heavy (non-hydrogen) atoms. The minimum atomic E-state index is 0.619. The van der Waals surface area contributed by atoms with E-state index >= 15 is 0 Å². The van der Waals surface area contributed by atoms with Crippen molar-refractivity contribution in [1.82, 2.24) is 9.97 Å². The molecule has 1 saturated carbocycles. The predicted molar refractivity (Wildman–Crippen MR) is 69.9 cm³/mol. The molecule has 1 aromatic heterocycles. The lowest BCUT2D eigenvalue weighted by Gasteiger charge is -2.08. The number of rotatable bonds is 9. The van der Waals surface area contributed by atoms with Crippen LogP contribution in [-0.2, 0) is 4.74 Å². The Balaban J connectivity index is 1.64. The molecular weight excluding hydrogens is 230 g/mol. The molecular formula is C13H21N3O2. The Kier molecular flexibility index (Phi) is 5.20. The van der Waals surface area contributed by atoms with Gasteiger partial charge in [-0.25, -0.2) is 9.97 Å². The van der Waals surface area contributed by atoms with Crippen molar-refractivity contribution >= 4 is 5.82 Å². The van der Waals surface area contributed by atoms with Gasteiger partial charge in [0.15, 0.2) is 0 Å². The van der Waals surface area contributed by atoms with E-state index in [1.54, 1.807) is 0 Å². The second-order valence-electron chi connectivity index (χ2n) is 4.54. The summed E-state index contributed by atoms with van der Waals surface area (Å²) in [7, 11) is 0. The summed E-state index contributed by atoms with van der Waals surface area (Å²) < 4.78 is 11.0. The van der Waals surface area contributed by atoms with Gasteiger partial charge in [0.25, 0.3) is 0 Å². The summed E-state index contributed by atoms with van der Waals surface area (Å²) in [5.41, 5.74) is 0. The second kappa shape index (κ2) is 7.16. The van der Waals surface area contributed by atoms with Gasteiger partial charge >= 0.3 is 0 Å². The monoisotopic (exact) mass is 251 g/mol. The normalized spacial score (nSPS) is 14.5. The third-order valence-corrected chi connectivity index (χ3v) is 2.70. The average Bonchev–Trinajstić information content (AvgIpc) is 3.20. The highest BCUT2D eigenvalue weighted by Gasteiger charge is 2.20. The lowest BCUT2D eigenvalue weighted by molar-refractivity contribution is 0.134. The van der Waals surface area contributed by atoms with Crippen LogP contribution < -0.4 is 10.1 Å². The minimum absolute atomic E-state index is 0.619. The van der Waals surface area contributed by atoms with Gasteiger partial charge in [-0.15, -0.1) is 0 Å². The fourth-order valence-electron chi connectivity index (χ4n) is 1.51. The standard InChI is InChI=1S/C13H21N3O2/c1-2-6-18-13-8-12(15-10-16-13)14-5-7-17-9-11-3-4-11/h8,10-11H,2-7,9H2,1H3,(H,14,15,16). The van der Waals surface area contributed by atoms with E-state index in [1.807, 2.05) is 6.07 Å². The Morgan fingerprint density at radius 1 is 1.33 bits per heavy atom. The van der Waals surface area contributed by atoms with Crippen LogP contribution in [0.4, 0.5) is 5.82 Å². The Bertz CT molecular complexity index is 356. The highest BCUT2D eigenvalue weighted by atomic mass is 16.5. The molecule has 2 rings (SSSR count). The first-order chi connectivity index (χ1) is 8.88. The van der Waals surface area contributed by atoms with Crippen molar-refractivity contribution in [3.05, 3.63) is 12.4 Å². The number of ether oxygens (including phenoxy) is 2. The molecule has 1 aromatic rings. The van der Waals surface area contributed by atoms with Crippen molar-refractivity contribution in [2.45, 2.75) is 26.2 Å². The van der Waals surface area contributed by atoms with Crippen molar-refractivity contribution in [2.75, 3.05) is 31.7 Å². The highest BCUT2D eigenvalue weighted by Crippen LogP contribution is 2.28. The number of nitrogens with one attached hydrogen (secondary N) is 1. The lowest BCUT2D eigenvalue weighted by Crippen LogP contribution is -2.11. The van der Waals surface area contributed by atoms with Crippen LogP contribution in [0.15, 0.2) is 12.4 Å². The van der Waals surface area contributed by atoms with Crippen LogP contribution in [0.25, 0.3) is 0 Å². The number of nitrogens with zero attached hydrogens (tertiary/aromatic N) is 2. The molecule has 0 spiro atoms. The Morgan fingerprint density at radius 2 is 2.22 bits per heavy atom. The number of hydrogen-bond donors (Lipinski definition) is 1. The molecule has 0 saturated heterocycles. The third kappa shape index (κ3) is 4.87. The second-order valence-corrected chi connectivity index (χ2v) is 4.54. The molecule has 0 amide bonds. The summed E-state index contributed by atoms with van der Waals surface area (Å²) in [5.74, 6) is 2.22. The number of aromatic nitrogens is 2. The predicted octanol–water partition coefficient (Wildman–Crippen LogP) is 2.10. The SMILES string of the molecule is CCCOc1cc(NCCOCC2CC2)ncn1. The molecule has 1 N–H and O–H groups in total. The van der Waals surface area contributed by atoms with Crippen molar-refractivity contribution < 1.29 is 9.47 Å². The van der Waals surface area contributed by atoms with E-state index in [1.165, 1.54) is 19.2 Å². The maximum absolute atomic E-state index is 5.54. The summed E-state index contributed by atoms with van der Waals surface area (Å²) >= 11 is 0. The zero-order valence-electron chi connectivity index (χ0n) is 10.9. The first kappa shape index (κ1) is 13.1. The van der Waals surface area contributed by atoms with Crippen LogP contribution in [0.2, 0.25) is 0 Å². The largest absolute Gasteiger partial charge is 0.478 e. The van der Waals surface area contributed by atoms with E-state index in [9.17, 15) is 0 Å². The summed E-state index contributed by atoms with van der Waals surface area (Å²) in [6.07, 6.45) is 5.15. The summed E-state index contributed by atoms with van der Waals surface area (Å²) in [5, 5.41) is 3.20. The molecule has 100 valence electrons. The van der Waals surface area contributed by atoms with Crippen LogP contribution in [0.1, 0.15) is 26.2 Å². The molecule has 1 aliphatic rings. The molecule has 0 atom stereocenters. The Morgan fingerprint density at radius 3 is 3.00 bits per heavy atom. The zero-order valence-corrected chi connectivity index (χ0v) is 10.9. The molecule has 0 aromatic carbocycles. The van der Waals surface area contributed by atoms with Gasteiger partial charge < -0.3 is 14.8 Å². The zero-order chi connectivity index (χ0) is 12.6. The summed E-state index contributed by atoms with van der Waals surface area (Å²) in [6.45, 7) is 5.12. The molecule has 5 nitrogen and oxygen atoms in total. The molecule has 0 unspecified atom stereocenters. The Hall–Kier alpha value is -1.36. The quantitative estimate of drug-likeness (QED) is 0.681.